The van der Waals surface area contributed by atoms with Gasteiger partial charge in [-0.05, 0) is 36.4 Å². The number of amides is 1. The average Bonchev–Trinajstić information content (AvgIpc) is 2.40. The first-order valence-electron chi connectivity index (χ1n) is 5.93. The molecule has 20 heavy (non-hydrogen) atoms. The quantitative estimate of drug-likeness (QED) is 0.898. The van der Waals surface area contributed by atoms with Gasteiger partial charge in [-0.1, -0.05) is 17.7 Å². The van der Waals surface area contributed by atoms with Crippen LogP contribution in [0.1, 0.15) is 12.5 Å². The fourth-order valence-corrected chi connectivity index (χ4v) is 1.92. The Balaban J connectivity index is 2.26. The maximum Gasteiger partial charge on any atom is 0.221 e. The molecule has 2 rings (SSSR count). The molecule has 100 valence electrons. The lowest BCUT2D eigenvalue weighted by Gasteiger charge is -2.10. The molecule has 0 aliphatic carbocycles. The van der Waals surface area contributed by atoms with E-state index in [1.807, 2.05) is 12.1 Å². The van der Waals surface area contributed by atoms with Gasteiger partial charge in [0.1, 0.15) is 6.07 Å². The van der Waals surface area contributed by atoms with Crippen molar-refractivity contribution >= 4 is 34.6 Å². The van der Waals surface area contributed by atoms with Crippen LogP contribution in [0.15, 0.2) is 42.5 Å². The number of nitriles is 1. The van der Waals surface area contributed by atoms with E-state index in [0.29, 0.717) is 22.0 Å². The Morgan fingerprint density at radius 3 is 2.65 bits per heavy atom. The van der Waals surface area contributed by atoms with Crippen LogP contribution < -0.4 is 10.6 Å². The first-order valence-corrected chi connectivity index (χ1v) is 6.30. The van der Waals surface area contributed by atoms with E-state index >= 15 is 0 Å². The molecule has 4 nitrogen and oxygen atoms in total. The van der Waals surface area contributed by atoms with E-state index in [4.69, 9.17) is 16.9 Å². The zero-order chi connectivity index (χ0) is 14.5. The van der Waals surface area contributed by atoms with Gasteiger partial charge < -0.3 is 10.6 Å². The highest BCUT2D eigenvalue weighted by Gasteiger charge is 2.04. The lowest BCUT2D eigenvalue weighted by molar-refractivity contribution is -0.114. The maximum absolute atomic E-state index is 11.0. The molecular weight excluding hydrogens is 274 g/mol. The van der Waals surface area contributed by atoms with Crippen LogP contribution in [0.3, 0.4) is 0 Å². The van der Waals surface area contributed by atoms with Crippen LogP contribution in [-0.4, -0.2) is 5.91 Å². The van der Waals surface area contributed by atoms with Gasteiger partial charge in [0.15, 0.2) is 0 Å². The summed E-state index contributed by atoms with van der Waals surface area (Å²) >= 11 is 5.85. The van der Waals surface area contributed by atoms with Gasteiger partial charge in [0, 0.05) is 23.3 Å². The van der Waals surface area contributed by atoms with Crippen LogP contribution in [0.4, 0.5) is 17.1 Å². The summed E-state index contributed by atoms with van der Waals surface area (Å²) in [6.07, 6.45) is 0. The van der Waals surface area contributed by atoms with Crippen LogP contribution >= 0.6 is 11.6 Å². The van der Waals surface area contributed by atoms with Crippen LogP contribution in [0.2, 0.25) is 5.02 Å². The summed E-state index contributed by atoms with van der Waals surface area (Å²) in [5.74, 6) is -0.133. The third-order valence-corrected chi connectivity index (χ3v) is 2.80. The normalized spacial score (nSPS) is 9.65. The second-order valence-electron chi connectivity index (χ2n) is 4.19. The molecule has 5 heteroatoms. The van der Waals surface area contributed by atoms with Crippen molar-refractivity contribution in [1.82, 2.24) is 0 Å². The summed E-state index contributed by atoms with van der Waals surface area (Å²) in [7, 11) is 0. The monoisotopic (exact) mass is 285 g/mol. The average molecular weight is 286 g/mol. The van der Waals surface area contributed by atoms with Crippen LogP contribution in [0.25, 0.3) is 0 Å². The number of nitrogens with zero attached hydrogens (tertiary/aromatic N) is 1. The zero-order valence-corrected chi connectivity index (χ0v) is 11.5. The number of nitrogens with one attached hydrogen (secondary N) is 2. The molecule has 0 aliphatic rings. The zero-order valence-electron chi connectivity index (χ0n) is 10.8. The topological polar surface area (TPSA) is 64.9 Å². The highest BCUT2D eigenvalue weighted by atomic mass is 35.5. The van der Waals surface area contributed by atoms with Crippen LogP contribution in [-0.2, 0) is 4.79 Å². The molecule has 0 saturated carbocycles. The number of rotatable bonds is 3. The predicted octanol–water partition coefficient (Wildman–Crippen LogP) is 3.91. The molecule has 0 spiro atoms. The first kappa shape index (κ1) is 13.9. The Morgan fingerprint density at radius 1 is 1.20 bits per heavy atom. The van der Waals surface area contributed by atoms with Crippen molar-refractivity contribution in [2.45, 2.75) is 6.92 Å². The number of hydrogen-bond donors (Lipinski definition) is 2. The highest BCUT2D eigenvalue weighted by molar-refractivity contribution is 6.30. The van der Waals surface area contributed by atoms with Crippen molar-refractivity contribution in [3.63, 3.8) is 0 Å². The van der Waals surface area contributed by atoms with Gasteiger partial charge in [-0.2, -0.15) is 5.26 Å². The van der Waals surface area contributed by atoms with Gasteiger partial charge >= 0.3 is 0 Å². The number of halogens is 1. The molecule has 0 aliphatic heterocycles. The molecule has 0 atom stereocenters. The van der Waals surface area contributed by atoms with Gasteiger partial charge in [-0.3, -0.25) is 4.79 Å². The lowest BCUT2D eigenvalue weighted by Crippen LogP contribution is -2.05. The molecule has 0 unspecified atom stereocenters. The Morgan fingerprint density at radius 2 is 1.95 bits per heavy atom. The molecule has 0 saturated heterocycles. The van der Waals surface area contributed by atoms with E-state index in [9.17, 15) is 4.79 Å². The fourth-order valence-electron chi connectivity index (χ4n) is 1.75. The number of carbonyl (C=O) groups excluding carboxylic acids is 1. The fraction of sp³-hybridized carbons (Fsp3) is 0.0667. The SMILES string of the molecule is CC(=O)Nc1cccc(Nc2ccc(Cl)cc2C#N)c1. The number of benzene rings is 2. The van der Waals surface area contributed by atoms with Gasteiger partial charge in [-0.25, -0.2) is 0 Å². The molecule has 0 bridgehead atoms. The summed E-state index contributed by atoms with van der Waals surface area (Å²) in [5.41, 5.74) is 2.59. The molecule has 2 N–H and O–H groups in total. The molecule has 2 aromatic carbocycles. The van der Waals surface area contributed by atoms with E-state index in [2.05, 4.69) is 16.7 Å². The van der Waals surface area contributed by atoms with Gasteiger partial charge in [0.05, 0.1) is 11.3 Å². The van der Waals surface area contributed by atoms with Crippen LogP contribution in [0.5, 0.6) is 0 Å². The summed E-state index contributed by atoms with van der Waals surface area (Å²) in [5, 5.41) is 15.4. The van der Waals surface area contributed by atoms with Crippen LogP contribution in [0, 0.1) is 11.3 Å². The van der Waals surface area contributed by atoms with Gasteiger partial charge in [-0.15, -0.1) is 0 Å². The smallest absolute Gasteiger partial charge is 0.221 e. The van der Waals surface area contributed by atoms with Crippen molar-refractivity contribution in [1.29, 1.82) is 5.26 Å². The minimum absolute atomic E-state index is 0.133. The Hall–Kier alpha value is -2.51. The predicted molar refractivity (Wildman–Crippen MR) is 80.2 cm³/mol. The van der Waals surface area contributed by atoms with Crippen molar-refractivity contribution in [2.75, 3.05) is 10.6 Å². The second-order valence-corrected chi connectivity index (χ2v) is 4.63. The minimum atomic E-state index is -0.133. The summed E-state index contributed by atoms with van der Waals surface area (Å²) < 4.78 is 0. The summed E-state index contributed by atoms with van der Waals surface area (Å²) in [6.45, 7) is 1.45. The largest absolute Gasteiger partial charge is 0.354 e. The minimum Gasteiger partial charge on any atom is -0.354 e. The van der Waals surface area contributed by atoms with Gasteiger partial charge in [0.25, 0.3) is 0 Å². The van der Waals surface area contributed by atoms with Crippen molar-refractivity contribution < 1.29 is 4.79 Å². The lowest BCUT2D eigenvalue weighted by atomic mass is 10.2. The maximum atomic E-state index is 11.0. The molecule has 0 heterocycles. The molecule has 0 fully saturated rings. The Kier molecular flexibility index (Phi) is 4.24. The Bertz CT molecular complexity index is 692. The van der Waals surface area contributed by atoms with E-state index in [-0.39, 0.29) is 5.91 Å². The number of carbonyl (C=O) groups is 1. The van der Waals surface area contributed by atoms with Gasteiger partial charge in [0.2, 0.25) is 5.91 Å². The summed E-state index contributed by atoms with van der Waals surface area (Å²) in [6, 6.07) is 14.4. The van der Waals surface area contributed by atoms with Crippen molar-refractivity contribution in [3.8, 4) is 6.07 Å². The number of hydrogen-bond acceptors (Lipinski definition) is 3. The summed E-state index contributed by atoms with van der Waals surface area (Å²) in [4.78, 5) is 11.0. The molecule has 2 aromatic rings. The van der Waals surface area contributed by atoms with E-state index in [1.54, 1.807) is 30.3 Å². The molecular formula is C15H12ClN3O. The van der Waals surface area contributed by atoms with Crippen molar-refractivity contribution in [3.05, 3.63) is 53.1 Å². The van der Waals surface area contributed by atoms with Crippen molar-refractivity contribution in [2.24, 2.45) is 0 Å². The van der Waals surface area contributed by atoms with E-state index < -0.39 is 0 Å². The standard InChI is InChI=1S/C15H12ClN3O/c1-10(20)18-13-3-2-4-14(8-13)19-15-6-5-12(16)7-11(15)9-17/h2-8,19H,1H3,(H,18,20). The Labute approximate surface area is 122 Å². The van der Waals surface area contributed by atoms with E-state index in [0.717, 1.165) is 5.69 Å². The third-order valence-electron chi connectivity index (χ3n) is 2.56. The third kappa shape index (κ3) is 3.50. The molecule has 1 amide bonds. The van der Waals surface area contributed by atoms with E-state index in [1.165, 1.54) is 6.92 Å². The molecule has 0 radical (unpaired) electrons. The number of anilines is 3. The highest BCUT2D eigenvalue weighted by Crippen LogP contribution is 2.25. The molecule has 0 aromatic heterocycles. The second kappa shape index (κ2) is 6.09. The first-order chi connectivity index (χ1) is 9.58.